The third-order valence-electron chi connectivity index (χ3n) is 2.30. The van der Waals surface area contributed by atoms with Gasteiger partial charge in [0, 0.05) is 31.1 Å². The highest BCUT2D eigenvalue weighted by atomic mass is 32.1. The van der Waals surface area contributed by atoms with E-state index in [1.54, 1.807) is 0 Å². The summed E-state index contributed by atoms with van der Waals surface area (Å²) in [6, 6.07) is 0. The lowest BCUT2D eigenvalue weighted by atomic mass is 10.2. The second kappa shape index (κ2) is 8.47. The maximum atomic E-state index is 8.62. The highest BCUT2D eigenvalue weighted by Gasteiger charge is 2.01. The molecular formula is C11H21N3OS. The van der Waals surface area contributed by atoms with Crippen LogP contribution in [-0.2, 0) is 6.42 Å². The van der Waals surface area contributed by atoms with E-state index in [4.69, 9.17) is 5.11 Å². The van der Waals surface area contributed by atoms with Crippen molar-refractivity contribution in [1.82, 2.24) is 9.36 Å². The molecule has 1 aromatic heterocycles. The average molecular weight is 243 g/mol. The minimum Gasteiger partial charge on any atom is -0.396 e. The van der Waals surface area contributed by atoms with Crippen molar-refractivity contribution in [2.75, 3.05) is 18.5 Å². The van der Waals surface area contributed by atoms with E-state index in [9.17, 15) is 0 Å². The van der Waals surface area contributed by atoms with E-state index in [0.29, 0.717) is 6.61 Å². The highest BCUT2D eigenvalue weighted by molar-refractivity contribution is 7.09. The van der Waals surface area contributed by atoms with Crippen LogP contribution in [0.4, 0.5) is 5.13 Å². The number of hydrogen-bond acceptors (Lipinski definition) is 5. The number of aromatic nitrogens is 2. The zero-order valence-corrected chi connectivity index (χ0v) is 10.7. The zero-order chi connectivity index (χ0) is 11.6. The lowest BCUT2D eigenvalue weighted by molar-refractivity contribution is 0.283. The predicted molar refractivity (Wildman–Crippen MR) is 67.9 cm³/mol. The number of anilines is 1. The van der Waals surface area contributed by atoms with Crippen molar-refractivity contribution in [3.8, 4) is 0 Å². The van der Waals surface area contributed by atoms with Crippen LogP contribution in [0, 0.1) is 0 Å². The summed E-state index contributed by atoms with van der Waals surface area (Å²) in [7, 11) is 0. The number of nitrogens with zero attached hydrogens (tertiary/aromatic N) is 2. The van der Waals surface area contributed by atoms with Gasteiger partial charge in [0.25, 0.3) is 0 Å². The SMILES string of the molecule is CCCc1nsc(NCCCCCCO)n1. The number of aliphatic hydroxyl groups excluding tert-OH is 1. The van der Waals surface area contributed by atoms with E-state index >= 15 is 0 Å². The third-order valence-corrected chi connectivity index (χ3v) is 3.01. The monoisotopic (exact) mass is 243 g/mol. The molecule has 0 unspecified atom stereocenters. The lowest BCUT2D eigenvalue weighted by Crippen LogP contribution is -2.01. The molecule has 4 nitrogen and oxygen atoms in total. The van der Waals surface area contributed by atoms with Crippen molar-refractivity contribution in [3.63, 3.8) is 0 Å². The van der Waals surface area contributed by atoms with E-state index in [1.807, 2.05) is 0 Å². The molecule has 0 bridgehead atoms. The van der Waals surface area contributed by atoms with Gasteiger partial charge in [0.2, 0.25) is 5.13 Å². The van der Waals surface area contributed by atoms with Crippen molar-refractivity contribution in [1.29, 1.82) is 0 Å². The van der Waals surface area contributed by atoms with E-state index in [-0.39, 0.29) is 0 Å². The fourth-order valence-electron chi connectivity index (χ4n) is 1.44. The molecule has 0 aliphatic rings. The number of aryl methyl sites for hydroxylation is 1. The molecule has 2 N–H and O–H groups in total. The Hall–Kier alpha value is -0.680. The summed E-state index contributed by atoms with van der Waals surface area (Å²) in [5.41, 5.74) is 0. The molecule has 0 amide bonds. The molecule has 1 rings (SSSR count). The van der Waals surface area contributed by atoms with Crippen molar-refractivity contribution >= 4 is 16.7 Å². The minimum absolute atomic E-state index is 0.310. The van der Waals surface area contributed by atoms with Gasteiger partial charge >= 0.3 is 0 Å². The van der Waals surface area contributed by atoms with Crippen LogP contribution in [0.5, 0.6) is 0 Å². The Kier molecular flexibility index (Phi) is 7.09. The van der Waals surface area contributed by atoms with Crippen LogP contribution in [0.1, 0.15) is 44.9 Å². The maximum Gasteiger partial charge on any atom is 0.202 e. The molecule has 0 aliphatic heterocycles. The van der Waals surface area contributed by atoms with Crippen LogP contribution in [0.15, 0.2) is 0 Å². The summed E-state index contributed by atoms with van der Waals surface area (Å²) in [5.74, 6) is 0.954. The fourth-order valence-corrected chi connectivity index (χ4v) is 2.07. The number of aliphatic hydroxyl groups is 1. The Morgan fingerprint density at radius 3 is 2.81 bits per heavy atom. The fraction of sp³-hybridized carbons (Fsp3) is 0.818. The maximum absolute atomic E-state index is 8.62. The van der Waals surface area contributed by atoms with Crippen LogP contribution in [0.25, 0.3) is 0 Å². The summed E-state index contributed by atoms with van der Waals surface area (Å²) in [6.45, 7) is 3.39. The molecule has 0 atom stereocenters. The summed E-state index contributed by atoms with van der Waals surface area (Å²) >= 11 is 1.45. The average Bonchev–Trinajstić information content (AvgIpc) is 2.72. The first-order chi connectivity index (χ1) is 7.86. The first-order valence-corrected chi connectivity index (χ1v) is 6.81. The Balaban J connectivity index is 2.07. The molecule has 5 heteroatoms. The summed E-state index contributed by atoms with van der Waals surface area (Å²) in [4.78, 5) is 4.39. The first-order valence-electron chi connectivity index (χ1n) is 6.04. The quantitative estimate of drug-likeness (QED) is 0.654. The standard InChI is InChI=1S/C11H21N3OS/c1-2-7-10-13-11(16-14-10)12-8-5-3-4-6-9-15/h15H,2-9H2,1H3,(H,12,13,14). The van der Waals surface area contributed by atoms with Crippen molar-refractivity contribution < 1.29 is 5.11 Å². The third kappa shape index (κ3) is 5.42. The molecule has 0 aliphatic carbocycles. The lowest BCUT2D eigenvalue weighted by Gasteiger charge is -2.01. The number of nitrogens with one attached hydrogen (secondary N) is 1. The molecule has 92 valence electrons. The topological polar surface area (TPSA) is 58.0 Å². The van der Waals surface area contributed by atoms with Gasteiger partial charge < -0.3 is 10.4 Å². The highest BCUT2D eigenvalue weighted by Crippen LogP contribution is 2.12. The van der Waals surface area contributed by atoms with Gasteiger partial charge in [-0.3, -0.25) is 0 Å². The molecular weight excluding hydrogens is 222 g/mol. The minimum atomic E-state index is 0.310. The molecule has 0 saturated carbocycles. The Bertz CT molecular complexity index is 278. The molecule has 16 heavy (non-hydrogen) atoms. The molecule has 0 aromatic carbocycles. The number of unbranched alkanes of at least 4 members (excludes halogenated alkanes) is 3. The molecule has 0 saturated heterocycles. The Morgan fingerprint density at radius 1 is 1.25 bits per heavy atom. The zero-order valence-electron chi connectivity index (χ0n) is 9.91. The van der Waals surface area contributed by atoms with Gasteiger partial charge in [-0.1, -0.05) is 19.8 Å². The Morgan fingerprint density at radius 2 is 2.06 bits per heavy atom. The van der Waals surface area contributed by atoms with Gasteiger partial charge in [-0.15, -0.1) is 0 Å². The van der Waals surface area contributed by atoms with Crippen LogP contribution < -0.4 is 5.32 Å². The molecule has 0 radical (unpaired) electrons. The second-order valence-electron chi connectivity index (χ2n) is 3.83. The summed E-state index contributed by atoms with van der Waals surface area (Å²) < 4.78 is 4.27. The van der Waals surface area contributed by atoms with E-state index < -0.39 is 0 Å². The molecule has 1 aromatic rings. The van der Waals surface area contributed by atoms with Crippen molar-refractivity contribution in [2.24, 2.45) is 0 Å². The van der Waals surface area contributed by atoms with Gasteiger partial charge in [-0.2, -0.15) is 4.37 Å². The summed E-state index contributed by atoms with van der Waals surface area (Å²) in [6.07, 6.45) is 6.37. The van der Waals surface area contributed by atoms with Crippen LogP contribution >= 0.6 is 11.5 Å². The smallest absolute Gasteiger partial charge is 0.202 e. The van der Waals surface area contributed by atoms with Crippen LogP contribution in [0.2, 0.25) is 0 Å². The van der Waals surface area contributed by atoms with Gasteiger partial charge in [-0.25, -0.2) is 4.98 Å². The predicted octanol–water partition coefficient (Wildman–Crippen LogP) is 2.46. The molecule has 1 heterocycles. The molecule has 0 fully saturated rings. The second-order valence-corrected chi connectivity index (χ2v) is 4.58. The van der Waals surface area contributed by atoms with E-state index in [1.165, 1.54) is 11.5 Å². The van der Waals surface area contributed by atoms with Gasteiger partial charge in [0.15, 0.2) is 0 Å². The van der Waals surface area contributed by atoms with E-state index in [2.05, 4.69) is 21.6 Å². The van der Waals surface area contributed by atoms with Crippen molar-refractivity contribution in [3.05, 3.63) is 5.82 Å². The summed E-state index contributed by atoms with van der Waals surface area (Å²) in [5, 5.41) is 12.8. The molecule has 0 spiro atoms. The number of rotatable bonds is 9. The van der Waals surface area contributed by atoms with Crippen LogP contribution in [-0.4, -0.2) is 27.6 Å². The number of hydrogen-bond donors (Lipinski definition) is 2. The van der Waals surface area contributed by atoms with Gasteiger partial charge in [0.05, 0.1) is 0 Å². The normalized spacial score (nSPS) is 10.6. The van der Waals surface area contributed by atoms with Gasteiger partial charge in [0.1, 0.15) is 5.82 Å². The first kappa shape index (κ1) is 13.4. The largest absolute Gasteiger partial charge is 0.396 e. The van der Waals surface area contributed by atoms with E-state index in [0.717, 1.165) is 56.0 Å². The van der Waals surface area contributed by atoms with Crippen molar-refractivity contribution in [2.45, 2.75) is 45.4 Å². The van der Waals surface area contributed by atoms with Crippen LogP contribution in [0.3, 0.4) is 0 Å². The van der Waals surface area contributed by atoms with Gasteiger partial charge in [-0.05, 0) is 19.3 Å². The Labute approximate surface area is 101 Å².